The second-order valence-electron chi connectivity index (χ2n) is 7.81. The van der Waals surface area contributed by atoms with Crippen LogP contribution in [0.5, 0.6) is 0 Å². The number of aromatic nitrogens is 1. The molecular weight excluding hydrogens is 366 g/mol. The largest absolute Gasteiger partial charge is 0.340 e. The van der Waals surface area contributed by atoms with E-state index < -0.39 is 0 Å². The van der Waals surface area contributed by atoms with Gasteiger partial charge in [-0.25, -0.2) is 0 Å². The van der Waals surface area contributed by atoms with Gasteiger partial charge < -0.3 is 9.88 Å². The lowest BCUT2D eigenvalue weighted by Crippen LogP contribution is -2.37. The van der Waals surface area contributed by atoms with E-state index in [-0.39, 0.29) is 0 Å². The van der Waals surface area contributed by atoms with Crippen molar-refractivity contribution < 1.29 is 0 Å². The number of fused-ring (bicyclic) bond motifs is 1. The number of rotatable bonds is 7. The van der Waals surface area contributed by atoms with Crippen LogP contribution in [0, 0.1) is 6.92 Å². The molecule has 1 fully saturated rings. The molecule has 1 aliphatic heterocycles. The second-order valence-corrected chi connectivity index (χ2v) is 8.22. The van der Waals surface area contributed by atoms with Crippen LogP contribution < -0.4 is 5.32 Å². The predicted octanol–water partition coefficient (Wildman–Crippen LogP) is 5.23. The molecule has 0 amide bonds. The first kappa shape index (κ1) is 19.5. The molecule has 1 saturated heterocycles. The van der Waals surface area contributed by atoms with Crippen LogP contribution in [-0.2, 0) is 13.1 Å². The smallest absolute Gasteiger partial charge is 0.0493 e. The van der Waals surface area contributed by atoms with Crippen LogP contribution in [0.25, 0.3) is 10.9 Å². The molecule has 0 radical (unpaired) electrons. The number of likely N-dealkylation sites (tertiary alicyclic amines) is 1. The maximum Gasteiger partial charge on any atom is 0.0493 e. The monoisotopic (exact) mass is 395 g/mol. The molecule has 4 heteroatoms. The summed E-state index contributed by atoms with van der Waals surface area (Å²) in [6.45, 7) is 9.69. The van der Waals surface area contributed by atoms with Crippen molar-refractivity contribution in [3.63, 3.8) is 0 Å². The molecule has 0 aliphatic carbocycles. The van der Waals surface area contributed by atoms with Gasteiger partial charge in [0.15, 0.2) is 0 Å². The van der Waals surface area contributed by atoms with Gasteiger partial charge in [0.2, 0.25) is 0 Å². The number of hydrogen-bond acceptors (Lipinski definition) is 2. The van der Waals surface area contributed by atoms with Crippen molar-refractivity contribution in [3.8, 4) is 0 Å². The molecule has 2 heterocycles. The molecule has 3 nitrogen and oxygen atoms in total. The minimum Gasteiger partial charge on any atom is -0.340 e. The highest BCUT2D eigenvalue weighted by atomic mass is 35.5. The number of para-hydroxylation sites is 1. The lowest BCUT2D eigenvalue weighted by Gasteiger charge is -2.23. The first-order valence-corrected chi connectivity index (χ1v) is 10.8. The third-order valence-electron chi connectivity index (χ3n) is 6.23. The summed E-state index contributed by atoms with van der Waals surface area (Å²) in [4.78, 5) is 2.60. The molecule has 0 spiro atoms. The topological polar surface area (TPSA) is 20.2 Å². The summed E-state index contributed by atoms with van der Waals surface area (Å²) in [6, 6.07) is 17.6. The van der Waals surface area contributed by atoms with E-state index in [9.17, 15) is 0 Å². The Balaban J connectivity index is 1.57. The highest BCUT2D eigenvalue weighted by molar-refractivity contribution is 6.31. The maximum absolute atomic E-state index is 6.44. The number of nitrogens with zero attached hydrogens (tertiary/aromatic N) is 2. The Bertz CT molecular complexity index is 946. The van der Waals surface area contributed by atoms with E-state index in [1.807, 2.05) is 12.1 Å². The van der Waals surface area contributed by atoms with E-state index in [0.29, 0.717) is 6.04 Å². The molecule has 2 aromatic carbocycles. The minimum absolute atomic E-state index is 0.682. The van der Waals surface area contributed by atoms with Crippen LogP contribution in [0.2, 0.25) is 5.02 Å². The van der Waals surface area contributed by atoms with Crippen molar-refractivity contribution in [3.05, 3.63) is 70.4 Å². The van der Waals surface area contributed by atoms with Gasteiger partial charge in [-0.3, -0.25) is 4.90 Å². The average Bonchev–Trinajstić information content (AvgIpc) is 3.27. The number of nitrogens with one attached hydrogen (secondary N) is 1. The van der Waals surface area contributed by atoms with Crippen molar-refractivity contribution in [1.29, 1.82) is 0 Å². The summed E-state index contributed by atoms with van der Waals surface area (Å²) in [5, 5.41) is 5.93. The van der Waals surface area contributed by atoms with Crippen molar-refractivity contribution in [2.45, 2.75) is 45.8 Å². The standard InChI is InChI=1S/C24H30ClN3/c1-3-27-14-8-10-20(27)15-26-16-22-18(2)28(24-13-7-5-11-21(22)24)17-19-9-4-6-12-23(19)25/h4-7,9,11-13,20,26H,3,8,10,14-17H2,1-2H3. The molecule has 1 N–H and O–H groups in total. The van der Waals surface area contributed by atoms with E-state index in [1.54, 1.807) is 0 Å². The Kier molecular flexibility index (Phi) is 6.05. The molecular formula is C24H30ClN3. The van der Waals surface area contributed by atoms with Gasteiger partial charge in [0.25, 0.3) is 0 Å². The SMILES string of the molecule is CCN1CCCC1CNCc1c(C)n(Cc2ccccc2Cl)c2ccccc12. The normalized spacial score (nSPS) is 17.6. The number of hydrogen-bond donors (Lipinski definition) is 1. The van der Waals surface area contributed by atoms with Crippen LogP contribution >= 0.6 is 11.6 Å². The van der Waals surface area contributed by atoms with Crippen molar-refractivity contribution in [2.75, 3.05) is 19.6 Å². The molecule has 1 unspecified atom stereocenters. The quantitative estimate of drug-likeness (QED) is 0.591. The summed E-state index contributed by atoms with van der Waals surface area (Å²) in [7, 11) is 0. The van der Waals surface area contributed by atoms with Gasteiger partial charge in [0, 0.05) is 47.3 Å². The fourth-order valence-electron chi connectivity index (χ4n) is 4.63. The van der Waals surface area contributed by atoms with E-state index in [2.05, 4.69) is 65.0 Å². The molecule has 28 heavy (non-hydrogen) atoms. The van der Waals surface area contributed by atoms with Gasteiger partial charge in [0.1, 0.15) is 0 Å². The zero-order chi connectivity index (χ0) is 19.5. The fourth-order valence-corrected chi connectivity index (χ4v) is 4.83. The summed E-state index contributed by atoms with van der Waals surface area (Å²) >= 11 is 6.44. The molecule has 1 aromatic heterocycles. The lowest BCUT2D eigenvalue weighted by atomic mass is 10.1. The highest BCUT2D eigenvalue weighted by Gasteiger charge is 2.22. The van der Waals surface area contributed by atoms with Crippen LogP contribution in [0.1, 0.15) is 36.6 Å². The van der Waals surface area contributed by atoms with Gasteiger partial charge in [-0.1, -0.05) is 54.9 Å². The molecule has 1 aliphatic rings. The molecule has 4 rings (SSSR count). The Hall–Kier alpha value is -1.81. The van der Waals surface area contributed by atoms with Gasteiger partial charge in [-0.15, -0.1) is 0 Å². The Labute approximate surface area is 173 Å². The Morgan fingerprint density at radius 2 is 1.89 bits per heavy atom. The lowest BCUT2D eigenvalue weighted by molar-refractivity contribution is 0.260. The molecule has 1 atom stereocenters. The summed E-state index contributed by atoms with van der Waals surface area (Å²) in [6.07, 6.45) is 2.64. The highest BCUT2D eigenvalue weighted by Crippen LogP contribution is 2.28. The number of likely N-dealkylation sites (N-methyl/N-ethyl adjacent to an activating group) is 1. The van der Waals surface area contributed by atoms with Gasteiger partial charge in [-0.2, -0.15) is 0 Å². The van der Waals surface area contributed by atoms with Crippen molar-refractivity contribution >= 4 is 22.5 Å². The van der Waals surface area contributed by atoms with E-state index in [4.69, 9.17) is 11.6 Å². The van der Waals surface area contributed by atoms with E-state index in [0.717, 1.165) is 36.8 Å². The van der Waals surface area contributed by atoms with Crippen LogP contribution in [0.4, 0.5) is 0 Å². The predicted molar refractivity (Wildman–Crippen MR) is 119 cm³/mol. The first-order chi connectivity index (χ1) is 13.7. The summed E-state index contributed by atoms with van der Waals surface area (Å²) in [5.41, 5.74) is 5.18. The van der Waals surface area contributed by atoms with Crippen molar-refractivity contribution in [2.24, 2.45) is 0 Å². The van der Waals surface area contributed by atoms with E-state index in [1.165, 1.54) is 41.5 Å². The molecule has 0 saturated carbocycles. The summed E-state index contributed by atoms with van der Waals surface area (Å²) in [5.74, 6) is 0. The molecule has 0 bridgehead atoms. The zero-order valence-corrected chi connectivity index (χ0v) is 17.7. The Morgan fingerprint density at radius 1 is 1.11 bits per heavy atom. The molecule has 3 aromatic rings. The summed E-state index contributed by atoms with van der Waals surface area (Å²) < 4.78 is 2.40. The number of benzene rings is 2. The van der Waals surface area contributed by atoms with E-state index >= 15 is 0 Å². The second kappa shape index (κ2) is 8.69. The third-order valence-corrected chi connectivity index (χ3v) is 6.60. The third kappa shape index (κ3) is 3.84. The van der Waals surface area contributed by atoms with Crippen LogP contribution in [-0.4, -0.2) is 35.1 Å². The molecule has 148 valence electrons. The number of halogens is 1. The zero-order valence-electron chi connectivity index (χ0n) is 16.9. The average molecular weight is 396 g/mol. The maximum atomic E-state index is 6.44. The van der Waals surface area contributed by atoms with Gasteiger partial charge >= 0.3 is 0 Å². The van der Waals surface area contributed by atoms with Crippen LogP contribution in [0.15, 0.2) is 48.5 Å². The van der Waals surface area contributed by atoms with Crippen molar-refractivity contribution in [1.82, 2.24) is 14.8 Å². The fraction of sp³-hybridized carbons (Fsp3) is 0.417. The minimum atomic E-state index is 0.682. The van der Waals surface area contributed by atoms with Gasteiger partial charge in [0.05, 0.1) is 0 Å². The first-order valence-electron chi connectivity index (χ1n) is 10.4. The Morgan fingerprint density at radius 3 is 2.71 bits per heavy atom. The van der Waals surface area contributed by atoms with Gasteiger partial charge in [-0.05, 0) is 56.1 Å². The van der Waals surface area contributed by atoms with Crippen LogP contribution in [0.3, 0.4) is 0 Å².